The van der Waals surface area contributed by atoms with E-state index in [1.54, 1.807) is 36.7 Å². The van der Waals surface area contributed by atoms with Crippen LogP contribution in [0.5, 0.6) is 5.75 Å². The number of hydrogen-bond acceptors (Lipinski definition) is 4. The largest absolute Gasteiger partial charge is 0.482 e. The number of carboxylic acids is 1. The monoisotopic (exact) mass is 314 g/mol. The summed E-state index contributed by atoms with van der Waals surface area (Å²) in [4.78, 5) is 19.1. The molecule has 0 spiro atoms. The van der Waals surface area contributed by atoms with Crippen molar-refractivity contribution in [2.75, 3.05) is 6.61 Å². The lowest BCUT2D eigenvalue weighted by Gasteiger charge is -2.07. The second-order valence-electron chi connectivity index (χ2n) is 4.59. The van der Waals surface area contributed by atoms with Crippen molar-refractivity contribution in [3.05, 3.63) is 53.8 Å². The number of aliphatic carboxylic acids is 1. The van der Waals surface area contributed by atoms with E-state index in [-0.39, 0.29) is 6.61 Å². The van der Waals surface area contributed by atoms with E-state index >= 15 is 0 Å². The SMILES string of the molecule is O=C(O)COc1ccc(-c2cc(Cl)c3cnccc3n2)cc1. The van der Waals surface area contributed by atoms with E-state index in [0.717, 1.165) is 22.2 Å². The standard InChI is InChI=1S/C16H11ClN2O3/c17-13-7-15(19-14-5-6-18-8-12(13)14)10-1-3-11(4-2-10)22-9-16(20)21/h1-8H,9H2,(H,20,21). The highest BCUT2D eigenvalue weighted by Crippen LogP contribution is 2.28. The summed E-state index contributed by atoms with van der Waals surface area (Å²) < 4.78 is 5.10. The Bertz CT molecular complexity index is 834. The summed E-state index contributed by atoms with van der Waals surface area (Å²) in [6.07, 6.45) is 3.34. The number of carboxylic acid groups (broad SMARTS) is 1. The Morgan fingerprint density at radius 1 is 1.23 bits per heavy atom. The van der Waals surface area contributed by atoms with Gasteiger partial charge in [0.1, 0.15) is 5.75 Å². The molecule has 1 N–H and O–H groups in total. The van der Waals surface area contributed by atoms with Crippen LogP contribution in [0.3, 0.4) is 0 Å². The zero-order valence-corrected chi connectivity index (χ0v) is 12.1. The molecule has 0 fully saturated rings. The normalized spacial score (nSPS) is 10.6. The van der Waals surface area contributed by atoms with Crippen LogP contribution in [0, 0.1) is 0 Å². The van der Waals surface area contributed by atoms with Crippen LogP contribution in [-0.2, 0) is 4.79 Å². The summed E-state index contributed by atoms with van der Waals surface area (Å²) in [5, 5.41) is 9.97. The Labute approximate surface area is 131 Å². The number of carbonyl (C=O) groups is 1. The lowest BCUT2D eigenvalue weighted by atomic mass is 10.1. The molecule has 6 heteroatoms. The molecule has 1 aromatic carbocycles. The van der Waals surface area contributed by atoms with Gasteiger partial charge < -0.3 is 9.84 Å². The Balaban J connectivity index is 1.92. The molecule has 2 heterocycles. The average Bonchev–Trinajstić information content (AvgIpc) is 2.53. The number of ether oxygens (including phenoxy) is 1. The van der Waals surface area contributed by atoms with Crippen molar-refractivity contribution in [3.63, 3.8) is 0 Å². The molecule has 0 unspecified atom stereocenters. The van der Waals surface area contributed by atoms with Gasteiger partial charge in [-0.05, 0) is 36.4 Å². The van der Waals surface area contributed by atoms with Crippen LogP contribution >= 0.6 is 11.6 Å². The Hall–Kier alpha value is -2.66. The van der Waals surface area contributed by atoms with Gasteiger partial charge in [-0.3, -0.25) is 4.98 Å². The van der Waals surface area contributed by atoms with Gasteiger partial charge >= 0.3 is 5.97 Å². The molecule has 0 saturated heterocycles. The summed E-state index contributed by atoms with van der Waals surface area (Å²) in [7, 11) is 0. The zero-order chi connectivity index (χ0) is 15.5. The number of rotatable bonds is 4. The van der Waals surface area contributed by atoms with E-state index in [1.165, 1.54) is 0 Å². The third kappa shape index (κ3) is 2.99. The fraction of sp³-hybridized carbons (Fsp3) is 0.0625. The Morgan fingerprint density at radius 3 is 2.73 bits per heavy atom. The van der Waals surface area contributed by atoms with E-state index in [2.05, 4.69) is 9.97 Å². The molecular weight excluding hydrogens is 304 g/mol. The molecule has 0 atom stereocenters. The fourth-order valence-corrected chi connectivity index (χ4v) is 2.29. The van der Waals surface area contributed by atoms with Crippen LogP contribution in [0.4, 0.5) is 0 Å². The van der Waals surface area contributed by atoms with Crippen LogP contribution in [-0.4, -0.2) is 27.7 Å². The zero-order valence-electron chi connectivity index (χ0n) is 11.4. The van der Waals surface area contributed by atoms with E-state index in [4.69, 9.17) is 21.4 Å². The summed E-state index contributed by atoms with van der Waals surface area (Å²) in [5.74, 6) is -0.525. The van der Waals surface area contributed by atoms with Crippen LogP contribution in [0.25, 0.3) is 22.2 Å². The van der Waals surface area contributed by atoms with Crippen molar-refractivity contribution < 1.29 is 14.6 Å². The smallest absolute Gasteiger partial charge is 0.341 e. The minimum absolute atomic E-state index is 0.369. The van der Waals surface area contributed by atoms with Gasteiger partial charge in [0, 0.05) is 23.3 Å². The lowest BCUT2D eigenvalue weighted by Crippen LogP contribution is -2.09. The minimum atomic E-state index is -1.01. The molecule has 110 valence electrons. The molecule has 0 bridgehead atoms. The molecule has 0 aliphatic carbocycles. The summed E-state index contributed by atoms with van der Waals surface area (Å²) >= 11 is 6.26. The summed E-state index contributed by atoms with van der Waals surface area (Å²) in [5.41, 5.74) is 2.36. The first kappa shape index (κ1) is 14.3. The molecule has 22 heavy (non-hydrogen) atoms. The van der Waals surface area contributed by atoms with Crippen LogP contribution in [0.15, 0.2) is 48.8 Å². The topological polar surface area (TPSA) is 72.3 Å². The lowest BCUT2D eigenvalue weighted by molar-refractivity contribution is -0.139. The Morgan fingerprint density at radius 2 is 2.00 bits per heavy atom. The first-order chi connectivity index (χ1) is 10.6. The minimum Gasteiger partial charge on any atom is -0.482 e. The Kier molecular flexibility index (Phi) is 3.89. The van der Waals surface area contributed by atoms with E-state index in [1.807, 2.05) is 12.1 Å². The predicted molar refractivity (Wildman–Crippen MR) is 83.1 cm³/mol. The van der Waals surface area contributed by atoms with Gasteiger partial charge in [0.05, 0.1) is 16.2 Å². The molecule has 0 aliphatic heterocycles. The first-order valence-corrected chi connectivity index (χ1v) is 6.86. The van der Waals surface area contributed by atoms with Crippen LogP contribution in [0.2, 0.25) is 5.02 Å². The second-order valence-corrected chi connectivity index (χ2v) is 5.00. The third-order valence-electron chi connectivity index (χ3n) is 3.07. The number of fused-ring (bicyclic) bond motifs is 1. The van der Waals surface area contributed by atoms with Crippen molar-refractivity contribution in [2.45, 2.75) is 0 Å². The molecule has 3 aromatic rings. The van der Waals surface area contributed by atoms with Gasteiger partial charge in [-0.25, -0.2) is 9.78 Å². The van der Waals surface area contributed by atoms with Gasteiger partial charge in [0.15, 0.2) is 6.61 Å². The number of benzene rings is 1. The molecule has 2 aromatic heterocycles. The molecule has 5 nitrogen and oxygen atoms in total. The first-order valence-electron chi connectivity index (χ1n) is 6.49. The van der Waals surface area contributed by atoms with Gasteiger partial charge in [-0.2, -0.15) is 0 Å². The van der Waals surface area contributed by atoms with Gasteiger partial charge in [-0.15, -0.1) is 0 Å². The fourth-order valence-electron chi connectivity index (χ4n) is 2.04. The van der Waals surface area contributed by atoms with Gasteiger partial charge in [0.25, 0.3) is 0 Å². The summed E-state index contributed by atoms with van der Waals surface area (Å²) in [6.45, 7) is -0.369. The van der Waals surface area contributed by atoms with Gasteiger partial charge in [-0.1, -0.05) is 11.6 Å². The van der Waals surface area contributed by atoms with E-state index in [9.17, 15) is 4.79 Å². The third-order valence-corrected chi connectivity index (χ3v) is 3.38. The van der Waals surface area contributed by atoms with Crippen molar-refractivity contribution in [1.29, 1.82) is 0 Å². The van der Waals surface area contributed by atoms with Crippen molar-refractivity contribution in [1.82, 2.24) is 9.97 Å². The molecular formula is C16H11ClN2O3. The summed E-state index contributed by atoms with van der Waals surface area (Å²) in [6, 6.07) is 10.6. The van der Waals surface area contributed by atoms with E-state index in [0.29, 0.717) is 10.8 Å². The predicted octanol–water partition coefficient (Wildman–Crippen LogP) is 3.41. The maximum atomic E-state index is 10.5. The maximum absolute atomic E-state index is 10.5. The van der Waals surface area contributed by atoms with Crippen LogP contribution < -0.4 is 4.74 Å². The molecule has 3 rings (SSSR count). The number of hydrogen-bond donors (Lipinski definition) is 1. The molecule has 0 aliphatic rings. The quantitative estimate of drug-likeness (QED) is 0.799. The molecule has 0 amide bonds. The number of halogens is 1. The molecule has 0 radical (unpaired) electrons. The highest BCUT2D eigenvalue weighted by molar-refractivity contribution is 6.35. The maximum Gasteiger partial charge on any atom is 0.341 e. The van der Waals surface area contributed by atoms with Gasteiger partial charge in [0.2, 0.25) is 0 Å². The van der Waals surface area contributed by atoms with Crippen molar-refractivity contribution >= 4 is 28.5 Å². The van der Waals surface area contributed by atoms with Crippen molar-refractivity contribution in [2.24, 2.45) is 0 Å². The highest BCUT2D eigenvalue weighted by atomic mass is 35.5. The van der Waals surface area contributed by atoms with E-state index < -0.39 is 5.97 Å². The number of aromatic nitrogens is 2. The second kappa shape index (κ2) is 5.99. The molecule has 0 saturated carbocycles. The number of pyridine rings is 2. The average molecular weight is 315 g/mol. The highest BCUT2D eigenvalue weighted by Gasteiger charge is 2.07. The number of nitrogens with zero attached hydrogens (tertiary/aromatic N) is 2. The van der Waals surface area contributed by atoms with Crippen molar-refractivity contribution in [3.8, 4) is 17.0 Å². The van der Waals surface area contributed by atoms with Crippen LogP contribution in [0.1, 0.15) is 0 Å².